The molecular weight excluding hydrogens is 432 g/mol. The quantitative estimate of drug-likeness (QED) is 0.288. The summed E-state index contributed by atoms with van der Waals surface area (Å²) in [5, 5.41) is 0. The lowest BCUT2D eigenvalue weighted by Crippen LogP contribution is -3.62. The second-order valence-corrected chi connectivity index (χ2v) is 7.64. The first kappa shape index (κ1) is 19.9. The molecule has 8 heteroatoms. The highest BCUT2D eigenvalue weighted by atomic mass is 127. The number of rotatable bonds is 2. The van der Waals surface area contributed by atoms with Crippen LogP contribution in [0.2, 0.25) is 0 Å². The molecule has 0 amide bonds. The third-order valence-electron chi connectivity index (χ3n) is 2.66. The second kappa shape index (κ2) is 8.07. The molecule has 0 unspecified atom stereocenters. The van der Waals surface area contributed by atoms with Crippen LogP contribution >= 0.6 is 0 Å². The third-order valence-corrected chi connectivity index (χ3v) is 6.36. The lowest BCUT2D eigenvalue weighted by Gasteiger charge is -2.01. The molecule has 0 N–H and O–H groups in total. The van der Waals surface area contributed by atoms with E-state index in [-0.39, 0.29) is 0 Å². The molecule has 0 nitrogen and oxygen atoms in total. The molecule has 0 radical (unpaired) electrons. The largest absolute Gasteiger partial charge is 0.673 e. The van der Waals surface area contributed by atoms with Gasteiger partial charge in [-0.1, -0.05) is 17.7 Å². The van der Waals surface area contributed by atoms with Gasteiger partial charge in [-0.05, 0) is 32.9 Å². The maximum atomic E-state index is 13.7. The molecule has 0 aromatic heterocycles. The minimum absolute atomic E-state index is 0.429. The smallest absolute Gasteiger partial charge is 0.418 e. The van der Waals surface area contributed by atoms with Gasteiger partial charge in [0, 0.05) is 17.2 Å². The number of hydrogen-bond acceptors (Lipinski definition) is 0. The van der Waals surface area contributed by atoms with Gasteiger partial charge in [0.25, 0.3) is 0 Å². The Bertz CT molecular complexity index is 655. The van der Waals surface area contributed by atoms with Crippen molar-refractivity contribution in [2.24, 2.45) is 0 Å². The molecule has 126 valence electrons. The van der Waals surface area contributed by atoms with E-state index >= 15 is 0 Å². The van der Waals surface area contributed by atoms with Crippen LogP contribution in [0.5, 0.6) is 0 Å². The van der Waals surface area contributed by atoms with Crippen molar-refractivity contribution >= 4 is 7.25 Å². The van der Waals surface area contributed by atoms with Crippen molar-refractivity contribution in [1.82, 2.24) is 0 Å². The fraction of sp³-hybridized carbons (Fsp3) is 0.200. The Hall–Kier alpha value is -1.19. The molecule has 0 bridgehead atoms. The Morgan fingerprint density at radius 3 is 1.74 bits per heavy atom. The van der Waals surface area contributed by atoms with Crippen LogP contribution in [0.15, 0.2) is 30.3 Å². The summed E-state index contributed by atoms with van der Waals surface area (Å²) in [4.78, 5) is 0. The predicted molar refractivity (Wildman–Crippen MR) is 74.6 cm³/mol. The van der Waals surface area contributed by atoms with E-state index in [0.29, 0.717) is 3.57 Å². The SMILES string of the molecule is Cc1cc(C)c([I+]c2ccc(F)cc2F)c(C)c1.F[B-](F)(F)F. The molecule has 2 aromatic carbocycles. The van der Waals surface area contributed by atoms with Crippen molar-refractivity contribution in [2.45, 2.75) is 20.8 Å². The third kappa shape index (κ3) is 7.28. The Labute approximate surface area is 141 Å². The molecule has 0 atom stereocenters. The zero-order valence-electron chi connectivity index (χ0n) is 12.6. The van der Waals surface area contributed by atoms with Gasteiger partial charge in [0.2, 0.25) is 3.57 Å². The maximum Gasteiger partial charge on any atom is 0.673 e. The van der Waals surface area contributed by atoms with Crippen molar-refractivity contribution in [2.75, 3.05) is 0 Å². The summed E-state index contributed by atoms with van der Waals surface area (Å²) < 4.78 is 67.4. The summed E-state index contributed by atoms with van der Waals surface area (Å²) in [7, 11) is -6.00. The standard InChI is InChI=1S/C15H14F2I.BF4/c1-9-6-10(2)15(11(3)7-9)18-14-5-4-12(16)8-13(14)17;2-1(3,4)5/h4-8H,1-3H3;/q+1;-1. The Morgan fingerprint density at radius 1 is 0.826 bits per heavy atom. The first-order valence-corrected chi connectivity index (χ1v) is 8.68. The summed E-state index contributed by atoms with van der Waals surface area (Å²) in [6.45, 7) is 6.16. The zero-order chi connectivity index (χ0) is 17.8. The van der Waals surface area contributed by atoms with Crippen molar-refractivity contribution in [1.29, 1.82) is 0 Å². The van der Waals surface area contributed by atoms with Crippen LogP contribution in [-0.2, 0) is 0 Å². The van der Waals surface area contributed by atoms with Gasteiger partial charge in [-0.3, -0.25) is 0 Å². The molecule has 0 heterocycles. The van der Waals surface area contributed by atoms with Crippen molar-refractivity contribution in [3.8, 4) is 0 Å². The topological polar surface area (TPSA) is 0 Å². The van der Waals surface area contributed by atoms with Gasteiger partial charge in [-0.2, -0.15) is 0 Å². The van der Waals surface area contributed by atoms with Crippen molar-refractivity contribution in [3.05, 3.63) is 65.8 Å². The van der Waals surface area contributed by atoms with E-state index in [0.717, 1.165) is 6.07 Å². The predicted octanol–water partition coefficient (Wildman–Crippen LogP) is 2.32. The van der Waals surface area contributed by atoms with Crippen LogP contribution in [0.3, 0.4) is 0 Å². The second-order valence-electron chi connectivity index (χ2n) is 4.86. The van der Waals surface area contributed by atoms with Crippen LogP contribution in [0, 0.1) is 39.5 Å². The first-order valence-electron chi connectivity index (χ1n) is 6.52. The van der Waals surface area contributed by atoms with Gasteiger partial charge in [0.15, 0.2) is 9.39 Å². The van der Waals surface area contributed by atoms with E-state index < -0.39 is 40.1 Å². The highest BCUT2D eigenvalue weighted by molar-refractivity contribution is 6.50. The van der Waals surface area contributed by atoms with Gasteiger partial charge in [-0.15, -0.1) is 0 Å². The first-order chi connectivity index (χ1) is 10.5. The van der Waals surface area contributed by atoms with Crippen LogP contribution in [-0.4, -0.2) is 7.25 Å². The number of benzene rings is 2. The normalized spacial score (nSPS) is 11.0. The van der Waals surface area contributed by atoms with E-state index in [1.54, 1.807) is 6.07 Å². The highest BCUT2D eigenvalue weighted by Crippen LogP contribution is 2.08. The van der Waals surface area contributed by atoms with E-state index in [1.807, 2.05) is 0 Å². The van der Waals surface area contributed by atoms with Crippen molar-refractivity contribution in [3.63, 3.8) is 0 Å². The molecular formula is C15H14BF6I. The van der Waals surface area contributed by atoms with Crippen LogP contribution in [0.1, 0.15) is 16.7 Å². The monoisotopic (exact) mass is 446 g/mol. The summed E-state index contributed by atoms with van der Waals surface area (Å²) in [6.07, 6.45) is 0. The van der Waals surface area contributed by atoms with E-state index in [9.17, 15) is 26.0 Å². The van der Waals surface area contributed by atoms with Gasteiger partial charge in [-0.25, -0.2) is 8.78 Å². The average Bonchev–Trinajstić information content (AvgIpc) is 2.33. The average molecular weight is 446 g/mol. The molecule has 2 aromatic rings. The number of halogens is 7. The van der Waals surface area contributed by atoms with Gasteiger partial charge in [0.05, 0.1) is 0 Å². The van der Waals surface area contributed by atoms with Crippen LogP contribution in [0.25, 0.3) is 0 Å². The molecule has 0 fully saturated rings. The molecule has 0 saturated carbocycles. The fourth-order valence-electron chi connectivity index (χ4n) is 1.96. The minimum atomic E-state index is -6.00. The van der Waals surface area contributed by atoms with Gasteiger partial charge in [0.1, 0.15) is 5.82 Å². The Morgan fingerprint density at radius 2 is 1.30 bits per heavy atom. The summed E-state index contributed by atoms with van der Waals surface area (Å²) in [5.74, 6) is -0.945. The summed E-state index contributed by atoms with van der Waals surface area (Å²) in [6, 6.07) is 8.09. The Balaban J connectivity index is 0.000000463. The molecule has 2 rings (SSSR count). The van der Waals surface area contributed by atoms with E-state index in [1.165, 1.54) is 26.3 Å². The maximum absolute atomic E-state index is 13.7. The van der Waals surface area contributed by atoms with E-state index in [4.69, 9.17) is 0 Å². The lowest BCUT2D eigenvalue weighted by molar-refractivity contribution is -0.601. The number of hydrogen-bond donors (Lipinski definition) is 0. The molecule has 0 aliphatic rings. The zero-order valence-corrected chi connectivity index (χ0v) is 14.8. The molecule has 0 saturated heterocycles. The van der Waals surface area contributed by atoms with Gasteiger partial charge >= 0.3 is 28.5 Å². The highest BCUT2D eigenvalue weighted by Gasteiger charge is 2.25. The molecule has 0 aliphatic carbocycles. The summed E-state index contributed by atoms with van der Waals surface area (Å²) >= 11 is -0.604. The van der Waals surface area contributed by atoms with Crippen molar-refractivity contribution < 1.29 is 47.2 Å². The lowest BCUT2D eigenvalue weighted by atomic mass is 10.1. The minimum Gasteiger partial charge on any atom is -0.418 e. The van der Waals surface area contributed by atoms with Gasteiger partial charge < -0.3 is 17.3 Å². The fourth-order valence-corrected chi connectivity index (χ4v) is 4.48. The van der Waals surface area contributed by atoms with Crippen LogP contribution < -0.4 is 21.2 Å². The number of aryl methyl sites for hydroxylation is 3. The van der Waals surface area contributed by atoms with Crippen LogP contribution in [0.4, 0.5) is 26.0 Å². The summed E-state index contributed by atoms with van der Waals surface area (Å²) in [5.41, 5.74) is 3.62. The van der Waals surface area contributed by atoms with E-state index in [2.05, 4.69) is 32.9 Å². The Kier molecular flexibility index (Phi) is 6.97. The molecule has 23 heavy (non-hydrogen) atoms. The molecule has 0 spiro atoms. The molecule has 0 aliphatic heterocycles.